The number of primary amides is 1. The predicted molar refractivity (Wildman–Crippen MR) is 95.0 cm³/mol. The summed E-state index contributed by atoms with van der Waals surface area (Å²) in [6.07, 6.45) is 1.52. The molecule has 26 heavy (non-hydrogen) atoms. The van der Waals surface area contributed by atoms with E-state index in [0.717, 1.165) is 0 Å². The van der Waals surface area contributed by atoms with Gasteiger partial charge >= 0.3 is 0 Å². The third kappa shape index (κ3) is 3.26. The Morgan fingerprint density at radius 3 is 2.58 bits per heavy atom. The molecule has 3 rings (SSSR count). The summed E-state index contributed by atoms with van der Waals surface area (Å²) in [6, 6.07) is 14.1. The number of halogens is 1. The number of nitriles is 1. The largest absolute Gasteiger partial charge is 0.368 e. The summed E-state index contributed by atoms with van der Waals surface area (Å²) in [7, 11) is 0. The van der Waals surface area contributed by atoms with Gasteiger partial charge in [-0.2, -0.15) is 10.4 Å². The van der Waals surface area contributed by atoms with Crippen molar-refractivity contribution in [2.45, 2.75) is 13.0 Å². The van der Waals surface area contributed by atoms with Gasteiger partial charge < -0.3 is 11.1 Å². The fourth-order valence-corrected chi connectivity index (χ4v) is 2.64. The fraction of sp³-hybridized carbons (Fsp3) is 0.105. The van der Waals surface area contributed by atoms with Gasteiger partial charge in [-0.1, -0.05) is 24.3 Å². The maximum Gasteiger partial charge on any atom is 0.244 e. The van der Waals surface area contributed by atoms with Gasteiger partial charge in [-0.25, -0.2) is 9.07 Å². The van der Waals surface area contributed by atoms with Crippen molar-refractivity contribution in [1.82, 2.24) is 9.78 Å². The molecule has 6 nitrogen and oxygen atoms in total. The van der Waals surface area contributed by atoms with E-state index in [1.807, 2.05) is 6.07 Å². The quantitative estimate of drug-likeness (QED) is 0.740. The fourth-order valence-electron chi connectivity index (χ4n) is 2.64. The summed E-state index contributed by atoms with van der Waals surface area (Å²) in [4.78, 5) is 11.9. The molecule has 0 aliphatic heterocycles. The van der Waals surface area contributed by atoms with E-state index < -0.39 is 17.8 Å². The highest BCUT2D eigenvalue weighted by Gasteiger charge is 2.20. The number of nitrogens with two attached hydrogens (primary N) is 1. The lowest BCUT2D eigenvalue weighted by atomic mass is 10.0. The highest BCUT2D eigenvalue weighted by atomic mass is 19.1. The van der Waals surface area contributed by atoms with E-state index in [9.17, 15) is 9.18 Å². The standard InChI is InChI=1S/C19H16FN5O/c1-12-16(11-23-25(12)17-5-3-2-4-15(17)20)24-18(19(22)26)14-8-6-13(10-21)7-9-14/h2-9,11,18,24H,1H3,(H2,22,26). The summed E-state index contributed by atoms with van der Waals surface area (Å²) in [5.41, 5.74) is 8.14. The SMILES string of the molecule is Cc1c(NC(C(N)=O)c2ccc(C#N)cc2)cnn1-c1ccccc1F. The van der Waals surface area contributed by atoms with Gasteiger partial charge in [0.2, 0.25) is 5.91 Å². The van der Waals surface area contributed by atoms with Crippen LogP contribution in [0, 0.1) is 24.1 Å². The van der Waals surface area contributed by atoms with Crippen LogP contribution in [0.5, 0.6) is 0 Å². The first-order chi connectivity index (χ1) is 12.5. The van der Waals surface area contributed by atoms with E-state index in [1.165, 1.54) is 16.9 Å². The van der Waals surface area contributed by atoms with Crippen LogP contribution < -0.4 is 11.1 Å². The number of para-hydroxylation sites is 1. The summed E-state index contributed by atoms with van der Waals surface area (Å²) in [6.45, 7) is 1.76. The molecule has 7 heteroatoms. The molecule has 0 radical (unpaired) electrons. The molecular formula is C19H16FN5O. The zero-order valence-electron chi connectivity index (χ0n) is 14.0. The Labute approximate surface area is 149 Å². The molecule has 0 spiro atoms. The number of rotatable bonds is 5. The van der Waals surface area contributed by atoms with Gasteiger partial charge in [0.1, 0.15) is 17.5 Å². The first-order valence-corrected chi connectivity index (χ1v) is 7.86. The molecule has 0 fully saturated rings. The number of carbonyl (C=O) groups excluding carboxylic acids is 1. The van der Waals surface area contributed by atoms with Crippen molar-refractivity contribution in [1.29, 1.82) is 5.26 Å². The van der Waals surface area contributed by atoms with E-state index in [4.69, 9.17) is 11.0 Å². The number of nitrogens with one attached hydrogen (secondary N) is 1. The lowest BCUT2D eigenvalue weighted by Crippen LogP contribution is -2.27. The molecule has 1 amide bonds. The molecule has 0 aliphatic rings. The van der Waals surface area contributed by atoms with Crippen molar-refractivity contribution in [3.8, 4) is 11.8 Å². The van der Waals surface area contributed by atoms with Crippen molar-refractivity contribution in [3.63, 3.8) is 0 Å². The molecule has 1 atom stereocenters. The number of amides is 1. The monoisotopic (exact) mass is 349 g/mol. The summed E-state index contributed by atoms with van der Waals surface area (Å²) in [5.74, 6) is -0.975. The van der Waals surface area contributed by atoms with Crippen molar-refractivity contribution in [2.75, 3.05) is 5.32 Å². The Balaban J connectivity index is 1.92. The zero-order chi connectivity index (χ0) is 18.7. The van der Waals surface area contributed by atoms with Gasteiger partial charge in [-0.05, 0) is 36.8 Å². The molecule has 130 valence electrons. The minimum absolute atomic E-state index is 0.312. The first kappa shape index (κ1) is 17.2. The Morgan fingerprint density at radius 2 is 1.96 bits per heavy atom. The third-order valence-corrected chi connectivity index (χ3v) is 4.05. The molecule has 0 saturated heterocycles. The van der Waals surface area contributed by atoms with Gasteiger partial charge in [0.25, 0.3) is 0 Å². The number of benzene rings is 2. The van der Waals surface area contributed by atoms with Gasteiger partial charge in [0, 0.05) is 0 Å². The van der Waals surface area contributed by atoms with Crippen LogP contribution in [0.4, 0.5) is 10.1 Å². The zero-order valence-corrected chi connectivity index (χ0v) is 14.0. The lowest BCUT2D eigenvalue weighted by Gasteiger charge is -2.17. The average Bonchev–Trinajstić information content (AvgIpc) is 3.00. The molecule has 3 N–H and O–H groups in total. The highest BCUT2D eigenvalue weighted by Crippen LogP contribution is 2.25. The van der Waals surface area contributed by atoms with Crippen LogP contribution in [-0.4, -0.2) is 15.7 Å². The molecule has 1 aromatic heterocycles. The molecule has 0 bridgehead atoms. The number of nitrogens with zero attached hydrogens (tertiary/aromatic N) is 3. The molecule has 2 aromatic carbocycles. The van der Waals surface area contributed by atoms with Crippen LogP contribution in [0.25, 0.3) is 5.69 Å². The van der Waals surface area contributed by atoms with E-state index in [2.05, 4.69) is 10.4 Å². The maximum atomic E-state index is 14.0. The van der Waals surface area contributed by atoms with Crippen molar-refractivity contribution in [2.24, 2.45) is 5.73 Å². The number of anilines is 1. The second kappa shape index (κ2) is 7.07. The first-order valence-electron chi connectivity index (χ1n) is 7.86. The molecule has 1 heterocycles. The van der Waals surface area contributed by atoms with Crippen molar-refractivity contribution >= 4 is 11.6 Å². The average molecular weight is 349 g/mol. The molecule has 0 aliphatic carbocycles. The van der Waals surface area contributed by atoms with Crippen LogP contribution in [0.1, 0.15) is 22.9 Å². The molecule has 3 aromatic rings. The van der Waals surface area contributed by atoms with Crippen molar-refractivity contribution in [3.05, 3.63) is 77.4 Å². The van der Waals surface area contributed by atoms with Crippen LogP contribution in [0.3, 0.4) is 0 Å². The van der Waals surface area contributed by atoms with Crippen LogP contribution in [0.15, 0.2) is 54.7 Å². The predicted octanol–water partition coefficient (Wildman–Crippen LogP) is 2.83. The number of hydrogen-bond acceptors (Lipinski definition) is 4. The summed E-state index contributed by atoms with van der Waals surface area (Å²) < 4.78 is 15.5. The maximum absolute atomic E-state index is 14.0. The number of carbonyl (C=O) groups is 1. The Kier molecular flexibility index (Phi) is 4.67. The molecule has 1 unspecified atom stereocenters. The van der Waals surface area contributed by atoms with Crippen LogP contribution in [-0.2, 0) is 4.79 Å². The summed E-state index contributed by atoms with van der Waals surface area (Å²) >= 11 is 0. The van der Waals surface area contributed by atoms with E-state index >= 15 is 0 Å². The Morgan fingerprint density at radius 1 is 1.27 bits per heavy atom. The topological polar surface area (TPSA) is 96.7 Å². The minimum atomic E-state index is -0.806. The molecular weight excluding hydrogens is 333 g/mol. The lowest BCUT2D eigenvalue weighted by molar-refractivity contribution is -0.118. The third-order valence-electron chi connectivity index (χ3n) is 4.05. The Hall–Kier alpha value is -3.66. The smallest absolute Gasteiger partial charge is 0.244 e. The van der Waals surface area contributed by atoms with Gasteiger partial charge in [0.05, 0.1) is 29.2 Å². The number of aromatic nitrogens is 2. The normalized spacial score (nSPS) is 11.6. The van der Waals surface area contributed by atoms with Gasteiger partial charge in [-0.3, -0.25) is 4.79 Å². The minimum Gasteiger partial charge on any atom is -0.368 e. The number of hydrogen-bond donors (Lipinski definition) is 2. The van der Waals surface area contributed by atoms with Crippen LogP contribution >= 0.6 is 0 Å². The highest BCUT2D eigenvalue weighted by molar-refractivity contribution is 5.84. The van der Waals surface area contributed by atoms with Gasteiger partial charge in [-0.15, -0.1) is 0 Å². The van der Waals surface area contributed by atoms with Crippen molar-refractivity contribution < 1.29 is 9.18 Å². The second-order valence-electron chi connectivity index (χ2n) is 5.72. The van der Waals surface area contributed by atoms with Crippen LogP contribution in [0.2, 0.25) is 0 Å². The van der Waals surface area contributed by atoms with E-state index in [0.29, 0.717) is 28.2 Å². The van der Waals surface area contributed by atoms with E-state index in [-0.39, 0.29) is 0 Å². The second-order valence-corrected chi connectivity index (χ2v) is 5.72. The Bertz CT molecular complexity index is 988. The van der Waals surface area contributed by atoms with E-state index in [1.54, 1.807) is 49.4 Å². The van der Waals surface area contributed by atoms with Gasteiger partial charge in [0.15, 0.2) is 0 Å². The summed E-state index contributed by atoms with van der Waals surface area (Å²) in [5, 5.41) is 16.1. The molecule has 0 saturated carbocycles.